The largest absolute Gasteiger partial charge is 0.493 e. The van der Waals surface area contributed by atoms with Gasteiger partial charge in [-0.15, -0.1) is 11.3 Å². The van der Waals surface area contributed by atoms with Crippen LogP contribution >= 0.6 is 11.3 Å². The molecule has 7 heteroatoms. The summed E-state index contributed by atoms with van der Waals surface area (Å²) in [7, 11) is 0. The van der Waals surface area contributed by atoms with E-state index in [4.69, 9.17) is 9.15 Å². The maximum absolute atomic E-state index is 11.3. The summed E-state index contributed by atoms with van der Waals surface area (Å²) >= 11 is 1.61. The van der Waals surface area contributed by atoms with Crippen molar-refractivity contribution in [2.24, 2.45) is 0 Å². The highest BCUT2D eigenvalue weighted by molar-refractivity contribution is 7.13. The molecule has 0 bridgehead atoms. The predicted octanol–water partition coefficient (Wildman–Crippen LogP) is 4.38. The number of carboxylic acid groups (broad SMARTS) is 1. The number of thiophene rings is 1. The van der Waals surface area contributed by atoms with Crippen LogP contribution in [-0.4, -0.2) is 40.2 Å². The molecule has 0 spiro atoms. The first-order valence-corrected chi connectivity index (χ1v) is 10.7. The van der Waals surface area contributed by atoms with Gasteiger partial charge in [0.1, 0.15) is 17.6 Å². The van der Waals surface area contributed by atoms with Gasteiger partial charge >= 0.3 is 5.97 Å². The van der Waals surface area contributed by atoms with E-state index >= 15 is 0 Å². The molecule has 2 aromatic heterocycles. The molecule has 0 amide bonds. The third kappa shape index (κ3) is 4.68. The molecule has 6 nitrogen and oxygen atoms in total. The second kappa shape index (κ2) is 8.80. The molecule has 1 atom stereocenters. The van der Waals surface area contributed by atoms with Gasteiger partial charge in [-0.2, -0.15) is 0 Å². The SMILES string of the molecule is Cc1oc(-c2cccs2)nc1CCOc1ccc(CN2CCCC2C(=O)O)cc1. The maximum Gasteiger partial charge on any atom is 0.320 e. The first-order chi connectivity index (χ1) is 14.1. The van der Waals surface area contributed by atoms with E-state index in [2.05, 4.69) is 4.98 Å². The smallest absolute Gasteiger partial charge is 0.320 e. The van der Waals surface area contributed by atoms with E-state index in [0.29, 0.717) is 25.5 Å². The van der Waals surface area contributed by atoms with Crippen LogP contribution in [0.15, 0.2) is 46.2 Å². The Balaban J connectivity index is 1.29. The second-order valence-electron chi connectivity index (χ2n) is 7.21. The lowest BCUT2D eigenvalue weighted by Crippen LogP contribution is -2.35. The number of aromatic nitrogens is 1. The van der Waals surface area contributed by atoms with Gasteiger partial charge in [0.25, 0.3) is 0 Å². The molecular formula is C22H24N2O4S. The Morgan fingerprint density at radius 2 is 2.17 bits per heavy atom. The highest BCUT2D eigenvalue weighted by atomic mass is 32.1. The van der Waals surface area contributed by atoms with Crippen LogP contribution in [0.3, 0.4) is 0 Å². The molecule has 1 aromatic carbocycles. The standard InChI is InChI=1S/C22H24N2O4S/c1-15-18(23-21(28-15)20-5-3-13-29-20)10-12-27-17-8-6-16(7-9-17)14-24-11-2-4-19(24)22(25)26/h3,5-9,13,19H,2,4,10-12,14H2,1H3,(H,25,26). The van der Waals surface area contributed by atoms with Crippen LogP contribution in [0.25, 0.3) is 10.8 Å². The summed E-state index contributed by atoms with van der Waals surface area (Å²) < 4.78 is 11.6. The molecule has 1 unspecified atom stereocenters. The van der Waals surface area contributed by atoms with Crippen LogP contribution in [-0.2, 0) is 17.8 Å². The molecule has 3 aromatic rings. The van der Waals surface area contributed by atoms with Crippen molar-refractivity contribution in [1.29, 1.82) is 0 Å². The summed E-state index contributed by atoms with van der Waals surface area (Å²) in [5, 5.41) is 11.3. The summed E-state index contributed by atoms with van der Waals surface area (Å²) in [5.74, 6) is 1.56. The first-order valence-electron chi connectivity index (χ1n) is 9.79. The minimum atomic E-state index is -0.729. The lowest BCUT2D eigenvalue weighted by Gasteiger charge is -2.21. The minimum absolute atomic E-state index is 0.365. The number of oxazole rings is 1. The molecule has 29 heavy (non-hydrogen) atoms. The molecule has 3 heterocycles. The number of carboxylic acids is 1. The number of ether oxygens (including phenoxy) is 1. The van der Waals surface area contributed by atoms with E-state index in [9.17, 15) is 9.90 Å². The zero-order valence-corrected chi connectivity index (χ0v) is 17.2. The van der Waals surface area contributed by atoms with E-state index in [1.807, 2.05) is 53.6 Å². The number of hydrogen-bond acceptors (Lipinski definition) is 6. The number of nitrogens with zero attached hydrogens (tertiary/aromatic N) is 2. The fraction of sp³-hybridized carbons (Fsp3) is 0.364. The van der Waals surface area contributed by atoms with Crippen LogP contribution in [0.1, 0.15) is 29.9 Å². The van der Waals surface area contributed by atoms with Crippen molar-refractivity contribution >= 4 is 17.3 Å². The fourth-order valence-corrected chi connectivity index (χ4v) is 4.30. The first kappa shape index (κ1) is 19.7. The van der Waals surface area contributed by atoms with Gasteiger partial charge in [0, 0.05) is 13.0 Å². The Hall–Kier alpha value is -2.64. The molecule has 4 rings (SSSR count). The average Bonchev–Trinajstić information content (AvgIpc) is 3.45. The molecule has 1 saturated heterocycles. The summed E-state index contributed by atoms with van der Waals surface area (Å²) in [5.41, 5.74) is 2.01. The summed E-state index contributed by atoms with van der Waals surface area (Å²) in [6.07, 6.45) is 2.34. The predicted molar refractivity (Wildman–Crippen MR) is 111 cm³/mol. The zero-order chi connectivity index (χ0) is 20.2. The van der Waals surface area contributed by atoms with Crippen molar-refractivity contribution in [2.75, 3.05) is 13.2 Å². The number of hydrogen-bond donors (Lipinski definition) is 1. The fourth-order valence-electron chi connectivity index (χ4n) is 3.65. The average molecular weight is 413 g/mol. The van der Waals surface area contributed by atoms with Gasteiger partial charge in [0.05, 0.1) is 17.2 Å². The van der Waals surface area contributed by atoms with Gasteiger partial charge in [-0.1, -0.05) is 18.2 Å². The summed E-state index contributed by atoms with van der Waals surface area (Å²) in [6.45, 7) is 3.93. The minimum Gasteiger partial charge on any atom is -0.493 e. The molecule has 152 valence electrons. The van der Waals surface area contributed by atoms with Gasteiger partial charge in [-0.05, 0) is 55.5 Å². The van der Waals surface area contributed by atoms with E-state index < -0.39 is 5.97 Å². The topological polar surface area (TPSA) is 75.8 Å². The molecule has 1 aliphatic rings. The molecule has 1 fully saturated rings. The van der Waals surface area contributed by atoms with Crippen molar-refractivity contribution in [3.05, 3.63) is 58.8 Å². The van der Waals surface area contributed by atoms with Gasteiger partial charge in [0.2, 0.25) is 5.89 Å². The van der Waals surface area contributed by atoms with Crippen LogP contribution in [0.4, 0.5) is 0 Å². The van der Waals surface area contributed by atoms with E-state index in [-0.39, 0.29) is 6.04 Å². The second-order valence-corrected chi connectivity index (χ2v) is 8.16. The zero-order valence-electron chi connectivity index (χ0n) is 16.3. The summed E-state index contributed by atoms with van der Waals surface area (Å²) in [4.78, 5) is 18.9. The van der Waals surface area contributed by atoms with Gasteiger partial charge in [-0.25, -0.2) is 4.98 Å². The number of carbonyl (C=O) groups is 1. The molecule has 1 aliphatic heterocycles. The van der Waals surface area contributed by atoms with Crippen LogP contribution in [0, 0.1) is 6.92 Å². The third-order valence-corrected chi connectivity index (χ3v) is 6.05. The van der Waals surface area contributed by atoms with Crippen LogP contribution < -0.4 is 4.74 Å². The van der Waals surface area contributed by atoms with Crippen LogP contribution in [0.5, 0.6) is 5.75 Å². The highest BCUT2D eigenvalue weighted by Gasteiger charge is 2.30. The van der Waals surface area contributed by atoms with E-state index in [1.165, 1.54) is 0 Å². The number of likely N-dealkylation sites (tertiary alicyclic amines) is 1. The molecule has 0 radical (unpaired) electrons. The van der Waals surface area contributed by atoms with E-state index in [1.54, 1.807) is 11.3 Å². The molecule has 1 N–H and O–H groups in total. The Morgan fingerprint density at radius 1 is 1.34 bits per heavy atom. The number of aliphatic carboxylic acids is 1. The molecule has 0 saturated carbocycles. The van der Waals surface area contributed by atoms with Crippen molar-refractivity contribution in [3.8, 4) is 16.5 Å². The van der Waals surface area contributed by atoms with Crippen molar-refractivity contribution in [1.82, 2.24) is 9.88 Å². The van der Waals surface area contributed by atoms with Gasteiger partial charge in [-0.3, -0.25) is 9.69 Å². The number of aryl methyl sites for hydroxylation is 1. The van der Waals surface area contributed by atoms with E-state index in [0.717, 1.165) is 47.0 Å². The number of benzene rings is 1. The third-order valence-electron chi connectivity index (χ3n) is 5.19. The number of rotatable bonds is 8. The molecular weight excluding hydrogens is 388 g/mol. The van der Waals surface area contributed by atoms with Crippen molar-refractivity contribution in [3.63, 3.8) is 0 Å². The van der Waals surface area contributed by atoms with Gasteiger partial charge < -0.3 is 14.3 Å². The van der Waals surface area contributed by atoms with Crippen LogP contribution in [0.2, 0.25) is 0 Å². The Labute approximate surface area is 173 Å². The van der Waals surface area contributed by atoms with Crippen molar-refractivity contribution in [2.45, 2.75) is 38.8 Å². The Morgan fingerprint density at radius 3 is 2.90 bits per heavy atom. The normalized spacial score (nSPS) is 16.9. The van der Waals surface area contributed by atoms with Gasteiger partial charge in [0.15, 0.2) is 0 Å². The lowest BCUT2D eigenvalue weighted by molar-refractivity contribution is -0.142. The highest BCUT2D eigenvalue weighted by Crippen LogP contribution is 2.26. The quantitative estimate of drug-likeness (QED) is 0.592. The maximum atomic E-state index is 11.3. The molecule has 0 aliphatic carbocycles. The Bertz CT molecular complexity index is 950. The Kier molecular flexibility index (Phi) is 5.97. The lowest BCUT2D eigenvalue weighted by atomic mass is 10.2. The van der Waals surface area contributed by atoms with Crippen molar-refractivity contribution < 1.29 is 19.1 Å². The monoisotopic (exact) mass is 412 g/mol. The summed E-state index contributed by atoms with van der Waals surface area (Å²) in [6, 6.07) is 11.5.